The average molecular weight is 574 g/mol. The van der Waals surface area contributed by atoms with Gasteiger partial charge in [0, 0.05) is 22.9 Å². The lowest BCUT2D eigenvalue weighted by molar-refractivity contribution is -0.193. The van der Waals surface area contributed by atoms with Crippen molar-refractivity contribution in [3.8, 4) is 11.5 Å². The van der Waals surface area contributed by atoms with Crippen molar-refractivity contribution in [1.29, 1.82) is 0 Å². The van der Waals surface area contributed by atoms with Gasteiger partial charge in [0.05, 0.1) is 11.0 Å². The molecule has 0 saturated carbocycles. The summed E-state index contributed by atoms with van der Waals surface area (Å²) in [4.78, 5) is 26.4. The fourth-order valence-corrected chi connectivity index (χ4v) is 2.72. The lowest BCUT2D eigenvalue weighted by atomic mass is 10.2. The van der Waals surface area contributed by atoms with Crippen LogP contribution in [0.5, 0.6) is 11.5 Å². The molecule has 0 aliphatic rings. The van der Waals surface area contributed by atoms with Crippen molar-refractivity contribution in [2.75, 3.05) is 24.7 Å². The largest absolute Gasteiger partial charge is 0.490 e. The zero-order chi connectivity index (χ0) is 30.1. The van der Waals surface area contributed by atoms with Gasteiger partial charge in [-0.2, -0.15) is 26.3 Å². The molecule has 0 bridgehead atoms. The van der Waals surface area contributed by atoms with Gasteiger partial charge >= 0.3 is 24.3 Å². The van der Waals surface area contributed by atoms with Gasteiger partial charge in [0.1, 0.15) is 36.3 Å². The number of anilines is 2. The van der Waals surface area contributed by atoms with Crippen molar-refractivity contribution in [3.05, 3.63) is 60.7 Å². The molecular weight excluding hydrogens is 554 g/mol. The number of aliphatic carboxylic acids is 2. The maximum Gasteiger partial charge on any atom is 0.490 e. The highest BCUT2D eigenvalue weighted by molar-refractivity contribution is 5.82. The van der Waals surface area contributed by atoms with E-state index in [9.17, 15) is 26.3 Å². The number of halogens is 6. The Morgan fingerprint density at radius 3 is 1.25 bits per heavy atom. The van der Waals surface area contributed by atoms with E-state index in [4.69, 9.17) is 40.7 Å². The fourth-order valence-electron chi connectivity index (χ4n) is 2.72. The quantitative estimate of drug-likeness (QED) is 0.194. The van der Waals surface area contributed by atoms with E-state index in [0.29, 0.717) is 24.8 Å². The van der Waals surface area contributed by atoms with E-state index in [2.05, 4.69) is 9.97 Å². The first-order valence-corrected chi connectivity index (χ1v) is 10.7. The van der Waals surface area contributed by atoms with Gasteiger partial charge in [-0.3, -0.25) is 0 Å². The summed E-state index contributed by atoms with van der Waals surface area (Å²) < 4.78 is 75.0. The number of carboxylic acid groups (broad SMARTS) is 2. The topological polar surface area (TPSA) is 171 Å². The van der Waals surface area contributed by atoms with Crippen LogP contribution in [-0.4, -0.2) is 57.7 Å². The Bertz CT molecular complexity index is 1370. The number of nitrogens with two attached hydrogens (primary N) is 2. The summed E-state index contributed by atoms with van der Waals surface area (Å²) in [5, 5.41) is 16.3. The molecule has 2 aromatic heterocycles. The molecule has 0 saturated heterocycles. The van der Waals surface area contributed by atoms with Gasteiger partial charge < -0.3 is 31.2 Å². The SMILES string of the molecule is Nc1ccc2ccc(OCCOc3ccc4ccc(N)nc4c3)cc2n1.O=C(O)C(F)(F)F.O=C(O)C(F)(F)F. The first kappa shape index (κ1) is 31.2. The van der Waals surface area contributed by atoms with Crippen LogP contribution in [0.25, 0.3) is 21.8 Å². The van der Waals surface area contributed by atoms with Gasteiger partial charge in [-0.1, -0.05) is 0 Å². The Morgan fingerprint density at radius 1 is 0.650 bits per heavy atom. The van der Waals surface area contributed by atoms with Crippen LogP contribution in [0.4, 0.5) is 38.0 Å². The molecule has 10 nitrogen and oxygen atoms in total. The van der Waals surface area contributed by atoms with Crippen LogP contribution < -0.4 is 20.9 Å². The maximum atomic E-state index is 10.6. The van der Waals surface area contributed by atoms with Gasteiger partial charge in [0.25, 0.3) is 0 Å². The molecule has 0 unspecified atom stereocenters. The molecule has 0 atom stereocenters. The maximum absolute atomic E-state index is 10.6. The molecule has 214 valence electrons. The molecule has 4 aromatic rings. The van der Waals surface area contributed by atoms with E-state index in [1.165, 1.54) is 0 Å². The third-order valence-electron chi connectivity index (χ3n) is 4.48. The van der Waals surface area contributed by atoms with Crippen LogP contribution in [-0.2, 0) is 9.59 Å². The summed E-state index contributed by atoms with van der Waals surface area (Å²) in [6.07, 6.45) is -10.2. The van der Waals surface area contributed by atoms with Crippen LogP contribution in [0.1, 0.15) is 0 Å². The van der Waals surface area contributed by atoms with Crippen molar-refractivity contribution in [1.82, 2.24) is 9.97 Å². The Morgan fingerprint density at radius 2 is 0.950 bits per heavy atom. The average Bonchev–Trinajstić information content (AvgIpc) is 2.85. The number of rotatable bonds is 5. The standard InChI is InChI=1S/C20H18N4O2.2C2HF3O2/c21-19-7-3-13-1-5-15(11-17(13)23-19)25-9-10-26-16-6-2-14-4-8-20(22)24-18(14)12-16;2*3-2(4,5)1(6)7/h1-8,11-12H,9-10H2,(H2,21,23)(H2,22,24);2*(H,6,7). The van der Waals surface area contributed by atoms with Gasteiger partial charge in [0.15, 0.2) is 0 Å². The van der Waals surface area contributed by atoms with Crippen LogP contribution >= 0.6 is 0 Å². The van der Waals surface area contributed by atoms with Gasteiger partial charge in [-0.15, -0.1) is 0 Å². The number of alkyl halides is 6. The van der Waals surface area contributed by atoms with E-state index in [1.54, 1.807) is 12.1 Å². The number of nitrogen functional groups attached to an aromatic ring is 2. The van der Waals surface area contributed by atoms with E-state index < -0.39 is 24.3 Å². The minimum absolute atomic E-state index is 0.413. The number of benzene rings is 2. The third-order valence-corrected chi connectivity index (χ3v) is 4.48. The third kappa shape index (κ3) is 10.0. The van der Waals surface area contributed by atoms with Crippen molar-refractivity contribution < 1.29 is 55.6 Å². The zero-order valence-corrected chi connectivity index (χ0v) is 20.0. The summed E-state index contributed by atoms with van der Waals surface area (Å²) in [6.45, 7) is 0.826. The molecule has 2 aromatic carbocycles. The summed E-state index contributed by atoms with van der Waals surface area (Å²) in [6, 6.07) is 18.9. The van der Waals surface area contributed by atoms with E-state index in [1.807, 2.05) is 48.5 Å². The highest BCUT2D eigenvalue weighted by atomic mass is 19.4. The summed E-state index contributed by atoms with van der Waals surface area (Å²) in [5.41, 5.74) is 13.1. The Labute approximate surface area is 220 Å². The van der Waals surface area contributed by atoms with Gasteiger partial charge in [0.2, 0.25) is 0 Å². The highest BCUT2D eigenvalue weighted by Gasteiger charge is 2.38. The molecule has 4 rings (SSSR count). The molecule has 0 radical (unpaired) electrons. The second kappa shape index (κ2) is 13.2. The predicted molar refractivity (Wildman–Crippen MR) is 131 cm³/mol. The number of ether oxygens (including phenoxy) is 2. The monoisotopic (exact) mass is 574 g/mol. The second-order valence-electron chi connectivity index (χ2n) is 7.48. The lowest BCUT2D eigenvalue weighted by Crippen LogP contribution is -2.21. The first-order chi connectivity index (χ1) is 18.6. The Balaban J connectivity index is 0.000000333. The Kier molecular flexibility index (Phi) is 10.3. The molecule has 6 N–H and O–H groups in total. The minimum atomic E-state index is -5.08. The fraction of sp³-hybridized carbons (Fsp3) is 0.167. The van der Waals surface area contributed by atoms with E-state index in [-0.39, 0.29) is 0 Å². The van der Waals surface area contributed by atoms with Crippen LogP contribution in [0.2, 0.25) is 0 Å². The van der Waals surface area contributed by atoms with E-state index in [0.717, 1.165) is 33.3 Å². The van der Waals surface area contributed by atoms with Crippen molar-refractivity contribution in [3.63, 3.8) is 0 Å². The molecule has 0 aliphatic carbocycles. The number of carboxylic acids is 2. The van der Waals surface area contributed by atoms with Gasteiger partial charge in [-0.05, 0) is 48.5 Å². The van der Waals surface area contributed by atoms with Crippen LogP contribution in [0.15, 0.2) is 60.7 Å². The molecular formula is C24H20F6N4O6. The molecule has 0 aliphatic heterocycles. The molecule has 2 heterocycles. The summed E-state index contributed by atoms with van der Waals surface area (Å²) >= 11 is 0. The molecule has 0 amide bonds. The molecule has 0 fully saturated rings. The predicted octanol–water partition coefficient (Wildman–Crippen LogP) is 4.67. The van der Waals surface area contributed by atoms with E-state index >= 15 is 0 Å². The number of fused-ring (bicyclic) bond motifs is 2. The number of hydrogen-bond acceptors (Lipinski definition) is 8. The minimum Gasteiger partial charge on any atom is -0.490 e. The van der Waals surface area contributed by atoms with Crippen molar-refractivity contribution in [2.24, 2.45) is 0 Å². The first-order valence-electron chi connectivity index (χ1n) is 10.7. The number of hydrogen-bond donors (Lipinski definition) is 4. The Hall–Kier alpha value is -5.02. The molecule has 40 heavy (non-hydrogen) atoms. The smallest absolute Gasteiger partial charge is 0.490 e. The van der Waals surface area contributed by atoms with Crippen LogP contribution in [0, 0.1) is 0 Å². The molecule has 0 spiro atoms. The summed E-state index contributed by atoms with van der Waals surface area (Å²) in [7, 11) is 0. The normalized spacial score (nSPS) is 11.1. The molecule has 16 heteroatoms. The lowest BCUT2D eigenvalue weighted by Gasteiger charge is -2.10. The van der Waals surface area contributed by atoms with Crippen LogP contribution in [0.3, 0.4) is 0 Å². The summed E-state index contributed by atoms with van der Waals surface area (Å²) in [5.74, 6) is -3.08. The number of aromatic nitrogens is 2. The second-order valence-corrected chi connectivity index (χ2v) is 7.48. The number of nitrogens with zero attached hydrogens (tertiary/aromatic N) is 2. The van der Waals surface area contributed by atoms with Crippen molar-refractivity contribution in [2.45, 2.75) is 12.4 Å². The highest BCUT2D eigenvalue weighted by Crippen LogP contribution is 2.22. The zero-order valence-electron chi connectivity index (χ0n) is 20.0. The van der Waals surface area contributed by atoms with Gasteiger partial charge in [-0.25, -0.2) is 19.6 Å². The number of pyridine rings is 2. The number of carbonyl (C=O) groups is 2. The van der Waals surface area contributed by atoms with Crippen molar-refractivity contribution >= 4 is 45.4 Å².